The van der Waals surface area contributed by atoms with Gasteiger partial charge in [-0.2, -0.15) is 11.3 Å². The van der Waals surface area contributed by atoms with Crippen LogP contribution in [0.2, 0.25) is 0 Å². The van der Waals surface area contributed by atoms with Crippen molar-refractivity contribution in [3.63, 3.8) is 0 Å². The van der Waals surface area contributed by atoms with E-state index in [-0.39, 0.29) is 12.0 Å². The van der Waals surface area contributed by atoms with Gasteiger partial charge in [0.05, 0.1) is 5.69 Å². The Kier molecular flexibility index (Phi) is 3.92. The monoisotopic (exact) mass is 199 g/mol. The number of ether oxygens (including phenoxy) is 1. The minimum atomic E-state index is -0.384. The summed E-state index contributed by atoms with van der Waals surface area (Å²) in [6, 6.07) is 1.86. The summed E-state index contributed by atoms with van der Waals surface area (Å²) >= 11 is 1.55. The van der Waals surface area contributed by atoms with Crippen LogP contribution in [0.5, 0.6) is 0 Å². The molecule has 4 heteroatoms. The lowest BCUT2D eigenvalue weighted by atomic mass is 10.3. The molecule has 0 fully saturated rings. The van der Waals surface area contributed by atoms with Crippen molar-refractivity contribution in [1.82, 2.24) is 0 Å². The topological polar surface area (TPSA) is 38.3 Å². The summed E-state index contributed by atoms with van der Waals surface area (Å²) in [6.45, 7) is 4.16. The Labute approximate surface area is 81.7 Å². The second-order valence-corrected chi connectivity index (χ2v) is 3.38. The van der Waals surface area contributed by atoms with Crippen LogP contribution in [0.15, 0.2) is 16.8 Å². The number of hydrogen-bond donors (Lipinski definition) is 1. The molecule has 1 aromatic heterocycles. The highest BCUT2D eigenvalue weighted by Crippen LogP contribution is 2.12. The van der Waals surface area contributed by atoms with Crippen LogP contribution in [0.25, 0.3) is 0 Å². The third kappa shape index (κ3) is 3.16. The molecule has 0 radical (unpaired) electrons. The number of rotatable bonds is 4. The average Bonchev–Trinajstić information content (AvgIpc) is 2.57. The van der Waals surface area contributed by atoms with E-state index >= 15 is 0 Å². The zero-order chi connectivity index (χ0) is 9.68. The SMILES string of the molecule is CCOC(C)C(=O)Nc1ccsc1. The summed E-state index contributed by atoms with van der Waals surface area (Å²) in [4.78, 5) is 11.4. The molecule has 1 amide bonds. The molecule has 1 N–H and O–H groups in total. The maximum Gasteiger partial charge on any atom is 0.253 e. The van der Waals surface area contributed by atoms with E-state index in [2.05, 4.69) is 5.32 Å². The predicted octanol–water partition coefficient (Wildman–Crippen LogP) is 2.11. The number of carbonyl (C=O) groups excluding carboxylic acids is 1. The van der Waals surface area contributed by atoms with Crippen molar-refractivity contribution in [3.8, 4) is 0 Å². The molecule has 0 bridgehead atoms. The Hall–Kier alpha value is -0.870. The quantitative estimate of drug-likeness (QED) is 0.806. The van der Waals surface area contributed by atoms with Gasteiger partial charge in [0.2, 0.25) is 0 Å². The smallest absolute Gasteiger partial charge is 0.253 e. The first-order valence-corrected chi connectivity index (χ1v) is 5.13. The average molecular weight is 199 g/mol. The highest BCUT2D eigenvalue weighted by molar-refractivity contribution is 7.08. The van der Waals surface area contributed by atoms with E-state index in [1.54, 1.807) is 18.3 Å². The maximum absolute atomic E-state index is 11.4. The second kappa shape index (κ2) is 4.99. The normalized spacial score (nSPS) is 12.5. The molecular formula is C9H13NO2S. The Balaban J connectivity index is 2.41. The molecule has 0 spiro atoms. The molecule has 0 saturated heterocycles. The Morgan fingerprint density at radius 3 is 3.08 bits per heavy atom. The van der Waals surface area contributed by atoms with Crippen LogP contribution in [0, 0.1) is 0 Å². The minimum absolute atomic E-state index is 0.0970. The van der Waals surface area contributed by atoms with Crippen LogP contribution in [0.1, 0.15) is 13.8 Å². The fourth-order valence-electron chi connectivity index (χ4n) is 0.905. The van der Waals surface area contributed by atoms with Crippen molar-refractivity contribution in [2.24, 2.45) is 0 Å². The first-order chi connectivity index (χ1) is 6.24. The van der Waals surface area contributed by atoms with Crippen LogP contribution in [0.3, 0.4) is 0 Å². The highest BCUT2D eigenvalue weighted by Gasteiger charge is 2.12. The third-order valence-corrected chi connectivity index (χ3v) is 2.26. The molecule has 0 aliphatic heterocycles. The van der Waals surface area contributed by atoms with Gasteiger partial charge in [-0.25, -0.2) is 0 Å². The van der Waals surface area contributed by atoms with E-state index in [1.165, 1.54) is 0 Å². The van der Waals surface area contributed by atoms with Gasteiger partial charge in [0.25, 0.3) is 5.91 Å². The molecule has 0 aliphatic carbocycles. The van der Waals surface area contributed by atoms with Gasteiger partial charge in [0.1, 0.15) is 6.10 Å². The summed E-state index contributed by atoms with van der Waals surface area (Å²) in [6.07, 6.45) is -0.384. The fourth-order valence-corrected chi connectivity index (χ4v) is 1.49. The van der Waals surface area contributed by atoms with Gasteiger partial charge in [-0.3, -0.25) is 4.79 Å². The standard InChI is InChI=1S/C9H13NO2S/c1-3-12-7(2)9(11)10-8-4-5-13-6-8/h4-7H,3H2,1-2H3,(H,10,11). The van der Waals surface area contributed by atoms with Crippen LogP contribution < -0.4 is 5.32 Å². The maximum atomic E-state index is 11.4. The van der Waals surface area contributed by atoms with Gasteiger partial charge >= 0.3 is 0 Å². The molecule has 1 unspecified atom stereocenters. The van der Waals surface area contributed by atoms with E-state index in [4.69, 9.17) is 4.74 Å². The largest absolute Gasteiger partial charge is 0.369 e. The van der Waals surface area contributed by atoms with E-state index in [0.29, 0.717) is 6.61 Å². The number of anilines is 1. The van der Waals surface area contributed by atoms with Gasteiger partial charge in [0, 0.05) is 12.0 Å². The van der Waals surface area contributed by atoms with Crippen LogP contribution >= 0.6 is 11.3 Å². The number of hydrogen-bond acceptors (Lipinski definition) is 3. The van der Waals surface area contributed by atoms with E-state index in [0.717, 1.165) is 5.69 Å². The molecule has 1 atom stereocenters. The Bertz CT molecular complexity index is 259. The van der Waals surface area contributed by atoms with Gasteiger partial charge < -0.3 is 10.1 Å². The third-order valence-electron chi connectivity index (χ3n) is 1.57. The molecule has 0 saturated carbocycles. The van der Waals surface area contributed by atoms with Crippen LogP contribution in [-0.2, 0) is 9.53 Å². The predicted molar refractivity (Wildman–Crippen MR) is 54.0 cm³/mol. The number of nitrogens with one attached hydrogen (secondary N) is 1. The highest BCUT2D eigenvalue weighted by atomic mass is 32.1. The molecular weight excluding hydrogens is 186 g/mol. The van der Waals surface area contributed by atoms with Crippen LogP contribution in [0.4, 0.5) is 5.69 Å². The summed E-state index contributed by atoms with van der Waals surface area (Å²) in [5.74, 6) is -0.0970. The number of amides is 1. The van der Waals surface area contributed by atoms with Crippen molar-refractivity contribution in [2.75, 3.05) is 11.9 Å². The molecule has 1 heterocycles. The number of thiophene rings is 1. The lowest BCUT2D eigenvalue weighted by molar-refractivity contribution is -0.126. The fraction of sp³-hybridized carbons (Fsp3) is 0.444. The molecule has 72 valence electrons. The Morgan fingerprint density at radius 1 is 1.77 bits per heavy atom. The molecule has 1 aromatic rings. The lowest BCUT2D eigenvalue weighted by Crippen LogP contribution is -2.27. The zero-order valence-corrected chi connectivity index (χ0v) is 8.56. The molecule has 13 heavy (non-hydrogen) atoms. The first kappa shape index (κ1) is 10.2. The van der Waals surface area contributed by atoms with Crippen molar-refractivity contribution in [3.05, 3.63) is 16.8 Å². The summed E-state index contributed by atoms with van der Waals surface area (Å²) in [5.41, 5.74) is 0.835. The van der Waals surface area contributed by atoms with Crippen molar-refractivity contribution < 1.29 is 9.53 Å². The van der Waals surface area contributed by atoms with E-state index < -0.39 is 0 Å². The Morgan fingerprint density at radius 2 is 2.54 bits per heavy atom. The summed E-state index contributed by atoms with van der Waals surface area (Å²) in [7, 11) is 0. The molecule has 1 rings (SSSR count). The van der Waals surface area contributed by atoms with Gasteiger partial charge in [0.15, 0.2) is 0 Å². The second-order valence-electron chi connectivity index (χ2n) is 2.60. The van der Waals surface area contributed by atoms with Crippen molar-refractivity contribution in [1.29, 1.82) is 0 Å². The zero-order valence-electron chi connectivity index (χ0n) is 7.74. The summed E-state index contributed by atoms with van der Waals surface area (Å²) in [5, 5.41) is 6.56. The van der Waals surface area contributed by atoms with E-state index in [1.807, 2.05) is 23.8 Å². The van der Waals surface area contributed by atoms with Gasteiger partial charge in [-0.15, -0.1) is 0 Å². The van der Waals surface area contributed by atoms with Crippen LogP contribution in [-0.4, -0.2) is 18.6 Å². The van der Waals surface area contributed by atoms with Crippen molar-refractivity contribution in [2.45, 2.75) is 20.0 Å². The molecule has 0 aromatic carbocycles. The number of carbonyl (C=O) groups is 1. The van der Waals surface area contributed by atoms with Gasteiger partial charge in [-0.1, -0.05) is 0 Å². The van der Waals surface area contributed by atoms with Crippen molar-refractivity contribution >= 4 is 22.9 Å². The summed E-state index contributed by atoms with van der Waals surface area (Å²) < 4.78 is 5.14. The minimum Gasteiger partial charge on any atom is -0.369 e. The molecule has 3 nitrogen and oxygen atoms in total. The lowest BCUT2D eigenvalue weighted by Gasteiger charge is -2.10. The molecule has 0 aliphatic rings. The van der Waals surface area contributed by atoms with E-state index in [9.17, 15) is 4.79 Å². The first-order valence-electron chi connectivity index (χ1n) is 4.18. The van der Waals surface area contributed by atoms with Gasteiger partial charge in [-0.05, 0) is 25.3 Å².